The van der Waals surface area contributed by atoms with Gasteiger partial charge in [-0.05, 0) is 37.1 Å². The van der Waals surface area contributed by atoms with E-state index in [9.17, 15) is 0 Å². The molecule has 2 heterocycles. The molecule has 4 heteroatoms. The Bertz CT molecular complexity index is 843. The molecular weight excluding hydrogens is 314 g/mol. The minimum atomic E-state index is 0.492. The van der Waals surface area contributed by atoms with Gasteiger partial charge in [0.2, 0.25) is 0 Å². The van der Waals surface area contributed by atoms with Crippen LogP contribution in [0.25, 0.3) is 10.2 Å². The Hall–Kier alpha value is -2.22. The zero-order chi connectivity index (χ0) is 16.4. The Morgan fingerprint density at radius 1 is 1.12 bits per heavy atom. The van der Waals surface area contributed by atoms with Gasteiger partial charge in [-0.25, -0.2) is 4.98 Å². The number of quaternary nitrogens is 1. The van der Waals surface area contributed by atoms with Crippen LogP contribution in [0, 0.1) is 11.3 Å². The molecule has 0 spiro atoms. The number of nitrogens with one attached hydrogen (secondary N) is 1. The first-order valence-electron chi connectivity index (χ1n) is 8.52. The van der Waals surface area contributed by atoms with Crippen LogP contribution in [-0.2, 0) is 6.54 Å². The van der Waals surface area contributed by atoms with Gasteiger partial charge in [0.05, 0.1) is 28.4 Å². The SMILES string of the molecule is N#Cc1ccc(C[NH+]2CCCC[C@H]2c2nc3ccccc3s2)cc1. The number of likely N-dealkylation sites (tertiary alicyclic amines) is 1. The number of thiazole rings is 1. The lowest BCUT2D eigenvalue weighted by Crippen LogP contribution is -3.11. The Morgan fingerprint density at radius 3 is 2.75 bits per heavy atom. The first-order chi connectivity index (χ1) is 11.8. The fourth-order valence-electron chi connectivity index (χ4n) is 3.59. The smallest absolute Gasteiger partial charge is 0.151 e. The van der Waals surface area contributed by atoms with Crippen molar-refractivity contribution in [1.29, 1.82) is 5.26 Å². The highest BCUT2D eigenvalue weighted by atomic mass is 32.1. The number of hydrogen-bond donors (Lipinski definition) is 1. The monoisotopic (exact) mass is 334 g/mol. The molecule has 1 saturated heterocycles. The van der Waals surface area contributed by atoms with E-state index in [4.69, 9.17) is 10.2 Å². The lowest BCUT2D eigenvalue weighted by atomic mass is 10.0. The van der Waals surface area contributed by atoms with E-state index >= 15 is 0 Å². The largest absolute Gasteiger partial charge is 0.323 e. The van der Waals surface area contributed by atoms with Crippen molar-refractivity contribution in [3.8, 4) is 6.07 Å². The van der Waals surface area contributed by atoms with Crippen LogP contribution in [0.2, 0.25) is 0 Å². The van der Waals surface area contributed by atoms with Gasteiger partial charge in [0.15, 0.2) is 5.01 Å². The van der Waals surface area contributed by atoms with Crippen molar-refractivity contribution < 1.29 is 4.90 Å². The number of rotatable bonds is 3. The molecule has 3 nitrogen and oxygen atoms in total. The van der Waals surface area contributed by atoms with E-state index < -0.39 is 0 Å². The maximum Gasteiger partial charge on any atom is 0.151 e. The molecule has 1 unspecified atom stereocenters. The van der Waals surface area contributed by atoms with E-state index in [1.54, 1.807) is 4.90 Å². The second kappa shape index (κ2) is 6.72. The predicted molar refractivity (Wildman–Crippen MR) is 96.9 cm³/mol. The first kappa shape index (κ1) is 15.3. The summed E-state index contributed by atoms with van der Waals surface area (Å²) >= 11 is 1.85. The highest BCUT2D eigenvalue weighted by molar-refractivity contribution is 7.18. The quantitative estimate of drug-likeness (QED) is 0.797. The van der Waals surface area contributed by atoms with Crippen molar-refractivity contribution in [2.75, 3.05) is 6.54 Å². The number of aromatic nitrogens is 1. The lowest BCUT2D eigenvalue weighted by Gasteiger charge is -2.31. The average molecular weight is 334 g/mol. The highest BCUT2D eigenvalue weighted by Gasteiger charge is 2.30. The third kappa shape index (κ3) is 3.06. The minimum absolute atomic E-state index is 0.492. The normalized spacial score (nSPS) is 20.8. The van der Waals surface area contributed by atoms with Crippen LogP contribution in [0.5, 0.6) is 0 Å². The number of benzene rings is 2. The van der Waals surface area contributed by atoms with Crippen LogP contribution in [0.15, 0.2) is 48.5 Å². The molecule has 1 aliphatic heterocycles. The van der Waals surface area contributed by atoms with Crippen LogP contribution < -0.4 is 4.90 Å². The van der Waals surface area contributed by atoms with Crippen LogP contribution in [0.4, 0.5) is 0 Å². The van der Waals surface area contributed by atoms with Crippen LogP contribution >= 0.6 is 11.3 Å². The summed E-state index contributed by atoms with van der Waals surface area (Å²) < 4.78 is 1.29. The van der Waals surface area contributed by atoms with E-state index in [0.717, 1.165) is 17.6 Å². The molecule has 1 aliphatic rings. The standard InChI is InChI=1S/C20H19N3S/c21-13-15-8-10-16(11-9-15)14-23-12-4-3-6-18(23)20-22-17-5-1-2-7-19(17)24-20/h1-2,5,7-11,18H,3-4,6,12,14H2/p+1/t18-/m0/s1. The second-order valence-corrected chi connectivity index (χ2v) is 7.52. The van der Waals surface area contributed by atoms with Gasteiger partial charge in [0.1, 0.15) is 12.6 Å². The molecule has 0 radical (unpaired) electrons. The molecule has 120 valence electrons. The number of para-hydroxylation sites is 1. The average Bonchev–Trinajstić information content (AvgIpc) is 3.07. The molecular formula is C20H20N3S+. The Balaban J connectivity index is 1.59. The van der Waals surface area contributed by atoms with Gasteiger partial charge in [-0.15, -0.1) is 11.3 Å². The summed E-state index contributed by atoms with van der Waals surface area (Å²) in [6.07, 6.45) is 3.79. The summed E-state index contributed by atoms with van der Waals surface area (Å²) in [5.41, 5.74) is 3.16. The van der Waals surface area contributed by atoms with Gasteiger partial charge in [-0.2, -0.15) is 5.26 Å². The Morgan fingerprint density at radius 2 is 1.96 bits per heavy atom. The van der Waals surface area contributed by atoms with Gasteiger partial charge in [-0.3, -0.25) is 0 Å². The summed E-state index contributed by atoms with van der Waals surface area (Å²) in [7, 11) is 0. The highest BCUT2D eigenvalue weighted by Crippen LogP contribution is 2.28. The van der Waals surface area contributed by atoms with Crippen LogP contribution in [-0.4, -0.2) is 11.5 Å². The minimum Gasteiger partial charge on any atom is -0.323 e. The molecule has 1 aromatic heterocycles. The third-order valence-corrected chi connectivity index (χ3v) is 6.01. The van der Waals surface area contributed by atoms with E-state index in [2.05, 4.69) is 42.5 Å². The molecule has 1 fully saturated rings. The number of fused-ring (bicyclic) bond motifs is 1. The molecule has 0 bridgehead atoms. The molecule has 2 aromatic carbocycles. The van der Waals surface area contributed by atoms with Crippen molar-refractivity contribution in [3.63, 3.8) is 0 Å². The number of nitrogens with zero attached hydrogens (tertiary/aromatic N) is 2. The van der Waals surface area contributed by atoms with Crippen molar-refractivity contribution in [3.05, 3.63) is 64.7 Å². The number of nitriles is 1. The van der Waals surface area contributed by atoms with Crippen LogP contribution in [0.3, 0.4) is 0 Å². The van der Waals surface area contributed by atoms with E-state index in [1.165, 1.54) is 41.1 Å². The summed E-state index contributed by atoms with van der Waals surface area (Å²) in [6.45, 7) is 2.20. The molecule has 2 atom stereocenters. The van der Waals surface area contributed by atoms with Gasteiger partial charge in [0.25, 0.3) is 0 Å². The van der Waals surface area contributed by atoms with Crippen molar-refractivity contribution in [2.45, 2.75) is 31.8 Å². The molecule has 4 rings (SSSR count). The van der Waals surface area contributed by atoms with Gasteiger partial charge >= 0.3 is 0 Å². The van der Waals surface area contributed by atoms with Crippen molar-refractivity contribution in [1.82, 2.24) is 4.98 Å². The fraction of sp³-hybridized carbons (Fsp3) is 0.300. The maximum atomic E-state index is 8.95. The maximum absolute atomic E-state index is 8.95. The molecule has 0 amide bonds. The predicted octanol–water partition coefficient (Wildman–Crippen LogP) is 3.48. The number of hydrogen-bond acceptors (Lipinski definition) is 3. The first-order valence-corrected chi connectivity index (χ1v) is 9.34. The molecule has 3 aromatic rings. The fourth-order valence-corrected chi connectivity index (χ4v) is 4.75. The topological polar surface area (TPSA) is 41.1 Å². The van der Waals surface area contributed by atoms with Gasteiger partial charge in [0, 0.05) is 12.0 Å². The van der Waals surface area contributed by atoms with Crippen molar-refractivity contribution in [2.24, 2.45) is 0 Å². The second-order valence-electron chi connectivity index (χ2n) is 6.46. The number of piperidine rings is 1. The van der Waals surface area contributed by atoms with Crippen LogP contribution in [0.1, 0.15) is 41.4 Å². The lowest BCUT2D eigenvalue weighted by molar-refractivity contribution is -0.950. The Labute approximate surface area is 146 Å². The molecule has 24 heavy (non-hydrogen) atoms. The van der Waals surface area contributed by atoms with Gasteiger partial charge < -0.3 is 4.90 Å². The van der Waals surface area contributed by atoms with Gasteiger partial charge in [-0.1, -0.05) is 24.3 Å². The summed E-state index contributed by atoms with van der Waals surface area (Å²) in [4.78, 5) is 6.51. The molecule has 1 N–H and O–H groups in total. The summed E-state index contributed by atoms with van der Waals surface area (Å²) in [5.74, 6) is 0. The van der Waals surface area contributed by atoms with Crippen molar-refractivity contribution >= 4 is 21.6 Å². The zero-order valence-corrected chi connectivity index (χ0v) is 14.4. The molecule has 0 aliphatic carbocycles. The van der Waals surface area contributed by atoms with E-state index in [1.807, 2.05) is 23.5 Å². The Kier molecular flexibility index (Phi) is 4.29. The van der Waals surface area contributed by atoms with E-state index in [0.29, 0.717) is 6.04 Å². The van der Waals surface area contributed by atoms with E-state index in [-0.39, 0.29) is 0 Å². The summed E-state index contributed by atoms with van der Waals surface area (Å²) in [5, 5.41) is 10.2. The summed E-state index contributed by atoms with van der Waals surface area (Å²) in [6, 6.07) is 19.1. The molecule has 0 saturated carbocycles. The third-order valence-electron chi connectivity index (χ3n) is 4.86. The zero-order valence-electron chi connectivity index (χ0n) is 13.5.